The van der Waals surface area contributed by atoms with E-state index >= 15 is 0 Å². The number of amides is 1. The minimum absolute atomic E-state index is 0.0482. The van der Waals surface area contributed by atoms with E-state index in [1.54, 1.807) is 12.1 Å². The fourth-order valence-corrected chi connectivity index (χ4v) is 3.49. The Morgan fingerprint density at radius 1 is 1.21 bits per heavy atom. The van der Waals surface area contributed by atoms with Gasteiger partial charge in [0, 0.05) is 6.07 Å². The van der Waals surface area contributed by atoms with Gasteiger partial charge in [-0.3, -0.25) is 4.79 Å². The maximum absolute atomic E-state index is 12.8. The van der Waals surface area contributed by atoms with Gasteiger partial charge in [-0.2, -0.15) is 4.31 Å². The number of hydrogen-bond donors (Lipinski definition) is 1. The smallest absolute Gasteiger partial charge is 0.244 e. The van der Waals surface area contributed by atoms with Crippen LogP contribution in [-0.2, 0) is 21.4 Å². The van der Waals surface area contributed by atoms with E-state index in [1.165, 1.54) is 38.7 Å². The Labute approximate surface area is 139 Å². The Kier molecular flexibility index (Phi) is 5.47. The summed E-state index contributed by atoms with van der Waals surface area (Å²) in [5.74, 6) is 0.269. The van der Waals surface area contributed by atoms with Crippen LogP contribution in [0, 0.1) is 0 Å². The number of carbonyl (C=O) groups is 1. The van der Waals surface area contributed by atoms with Crippen molar-refractivity contribution < 1.29 is 27.1 Å². The monoisotopic (exact) mass is 354 g/mol. The van der Waals surface area contributed by atoms with Crippen molar-refractivity contribution in [2.75, 3.05) is 20.8 Å². The molecular weight excluding hydrogens is 336 g/mol. The van der Waals surface area contributed by atoms with Gasteiger partial charge in [-0.1, -0.05) is 0 Å². The number of furan rings is 1. The second-order valence-corrected chi connectivity index (χ2v) is 6.77. The van der Waals surface area contributed by atoms with Crippen molar-refractivity contribution in [2.45, 2.75) is 11.4 Å². The summed E-state index contributed by atoms with van der Waals surface area (Å²) in [5, 5.41) is 0. The number of nitrogens with zero attached hydrogens (tertiary/aromatic N) is 1. The first-order chi connectivity index (χ1) is 11.4. The average Bonchev–Trinajstić information content (AvgIpc) is 3.06. The predicted molar refractivity (Wildman–Crippen MR) is 85.0 cm³/mol. The third-order valence-electron chi connectivity index (χ3n) is 3.24. The van der Waals surface area contributed by atoms with Crippen molar-refractivity contribution in [3.8, 4) is 11.5 Å². The van der Waals surface area contributed by atoms with Gasteiger partial charge in [0.15, 0.2) is 11.5 Å². The minimum atomic E-state index is -3.99. The third kappa shape index (κ3) is 3.87. The van der Waals surface area contributed by atoms with Crippen LogP contribution < -0.4 is 15.2 Å². The summed E-state index contributed by atoms with van der Waals surface area (Å²) >= 11 is 0. The summed E-state index contributed by atoms with van der Waals surface area (Å²) in [6.45, 7) is -0.593. The van der Waals surface area contributed by atoms with Gasteiger partial charge in [-0.05, 0) is 24.3 Å². The summed E-state index contributed by atoms with van der Waals surface area (Å²) in [6.07, 6.45) is 1.42. The number of hydrogen-bond acceptors (Lipinski definition) is 6. The molecule has 1 aromatic carbocycles. The molecule has 0 fully saturated rings. The van der Waals surface area contributed by atoms with Gasteiger partial charge in [-0.15, -0.1) is 0 Å². The number of rotatable bonds is 8. The molecule has 2 aromatic rings. The number of ether oxygens (including phenoxy) is 2. The van der Waals surface area contributed by atoms with Gasteiger partial charge in [0.25, 0.3) is 0 Å². The number of carbonyl (C=O) groups excluding carboxylic acids is 1. The van der Waals surface area contributed by atoms with E-state index in [0.29, 0.717) is 11.5 Å². The Hall–Kier alpha value is -2.52. The molecule has 0 aliphatic carbocycles. The van der Waals surface area contributed by atoms with E-state index in [9.17, 15) is 13.2 Å². The van der Waals surface area contributed by atoms with Gasteiger partial charge < -0.3 is 19.6 Å². The zero-order valence-electron chi connectivity index (χ0n) is 13.3. The number of primary amides is 1. The summed E-state index contributed by atoms with van der Waals surface area (Å²) < 4.78 is 42.0. The molecule has 0 aliphatic heterocycles. The summed E-state index contributed by atoms with van der Waals surface area (Å²) in [5.41, 5.74) is 5.18. The van der Waals surface area contributed by atoms with Gasteiger partial charge in [-0.25, -0.2) is 8.42 Å². The SMILES string of the molecule is COc1ccc(S(=O)(=O)N(CC(N)=O)Cc2ccco2)cc1OC. The zero-order chi connectivity index (χ0) is 17.7. The van der Waals surface area contributed by atoms with E-state index in [4.69, 9.17) is 19.6 Å². The number of nitrogens with two attached hydrogens (primary N) is 1. The van der Waals surface area contributed by atoms with Crippen LogP contribution in [0.5, 0.6) is 11.5 Å². The highest BCUT2D eigenvalue weighted by molar-refractivity contribution is 7.89. The number of sulfonamides is 1. The topological polar surface area (TPSA) is 112 Å². The molecule has 0 spiro atoms. The molecule has 0 unspecified atom stereocenters. The fraction of sp³-hybridized carbons (Fsp3) is 0.267. The van der Waals surface area contributed by atoms with Gasteiger partial charge in [0.2, 0.25) is 15.9 Å². The summed E-state index contributed by atoms with van der Waals surface area (Å²) in [7, 11) is -1.15. The normalized spacial score (nSPS) is 11.5. The molecule has 1 amide bonds. The highest BCUT2D eigenvalue weighted by Gasteiger charge is 2.28. The van der Waals surface area contributed by atoms with E-state index in [0.717, 1.165) is 4.31 Å². The van der Waals surface area contributed by atoms with Crippen LogP contribution in [0.25, 0.3) is 0 Å². The molecule has 1 aromatic heterocycles. The van der Waals surface area contributed by atoms with Crippen molar-refractivity contribution >= 4 is 15.9 Å². The molecular formula is C15H18N2O6S. The Morgan fingerprint density at radius 3 is 2.46 bits per heavy atom. The molecule has 0 atom stereocenters. The largest absolute Gasteiger partial charge is 0.493 e. The number of methoxy groups -OCH3 is 2. The average molecular weight is 354 g/mol. The highest BCUT2D eigenvalue weighted by Crippen LogP contribution is 2.31. The lowest BCUT2D eigenvalue weighted by Gasteiger charge is -2.20. The van der Waals surface area contributed by atoms with Gasteiger partial charge >= 0.3 is 0 Å². The zero-order valence-corrected chi connectivity index (χ0v) is 14.1. The maximum atomic E-state index is 12.8. The van der Waals surface area contributed by atoms with Crippen LogP contribution in [-0.4, -0.2) is 39.4 Å². The van der Waals surface area contributed by atoms with Crippen LogP contribution in [0.1, 0.15) is 5.76 Å². The van der Waals surface area contributed by atoms with E-state index in [2.05, 4.69) is 0 Å². The molecule has 2 rings (SSSR count). The van der Waals surface area contributed by atoms with Crippen molar-refractivity contribution in [2.24, 2.45) is 5.73 Å². The lowest BCUT2D eigenvalue weighted by atomic mass is 10.3. The molecule has 8 nitrogen and oxygen atoms in total. The molecule has 130 valence electrons. The molecule has 2 N–H and O–H groups in total. The van der Waals surface area contributed by atoms with Crippen molar-refractivity contribution in [1.29, 1.82) is 0 Å². The Balaban J connectivity index is 2.41. The first-order valence-corrected chi connectivity index (χ1v) is 8.35. The van der Waals surface area contributed by atoms with E-state index < -0.39 is 22.5 Å². The van der Waals surface area contributed by atoms with Gasteiger partial charge in [0.05, 0.1) is 38.5 Å². The van der Waals surface area contributed by atoms with Crippen LogP contribution in [0.4, 0.5) is 0 Å². The third-order valence-corrected chi connectivity index (χ3v) is 5.02. The second-order valence-electron chi connectivity index (χ2n) is 4.84. The van der Waals surface area contributed by atoms with Crippen molar-refractivity contribution in [3.05, 3.63) is 42.4 Å². The fourth-order valence-electron chi connectivity index (χ4n) is 2.10. The summed E-state index contributed by atoms with van der Waals surface area (Å²) in [6, 6.07) is 7.40. The maximum Gasteiger partial charge on any atom is 0.244 e. The van der Waals surface area contributed by atoms with E-state index in [1.807, 2.05) is 0 Å². The van der Waals surface area contributed by atoms with Crippen LogP contribution >= 0.6 is 0 Å². The molecule has 24 heavy (non-hydrogen) atoms. The van der Waals surface area contributed by atoms with Crippen molar-refractivity contribution in [3.63, 3.8) is 0 Å². The minimum Gasteiger partial charge on any atom is -0.493 e. The first-order valence-electron chi connectivity index (χ1n) is 6.91. The lowest BCUT2D eigenvalue weighted by Crippen LogP contribution is -2.37. The molecule has 0 saturated heterocycles. The standard InChI is InChI=1S/C15H18N2O6S/c1-21-13-6-5-12(8-14(13)22-2)24(19,20)17(10-15(16)18)9-11-4-3-7-23-11/h3-8H,9-10H2,1-2H3,(H2,16,18). The van der Waals surface area contributed by atoms with Crippen LogP contribution in [0.15, 0.2) is 45.9 Å². The summed E-state index contributed by atoms with van der Waals surface area (Å²) in [4.78, 5) is 11.2. The quantitative estimate of drug-likeness (QED) is 0.756. The predicted octanol–water partition coefficient (Wildman–Crippen LogP) is 0.973. The van der Waals surface area contributed by atoms with Crippen LogP contribution in [0.3, 0.4) is 0 Å². The molecule has 0 radical (unpaired) electrons. The first kappa shape index (κ1) is 17.8. The molecule has 0 aliphatic rings. The Morgan fingerprint density at radius 2 is 1.92 bits per heavy atom. The van der Waals surface area contributed by atoms with E-state index in [-0.39, 0.29) is 17.2 Å². The molecule has 9 heteroatoms. The highest BCUT2D eigenvalue weighted by atomic mass is 32.2. The van der Waals surface area contributed by atoms with Crippen LogP contribution in [0.2, 0.25) is 0 Å². The molecule has 1 heterocycles. The van der Waals surface area contributed by atoms with Crippen molar-refractivity contribution in [1.82, 2.24) is 4.31 Å². The lowest BCUT2D eigenvalue weighted by molar-refractivity contribution is -0.118. The Bertz CT molecular complexity index is 801. The molecule has 0 bridgehead atoms. The van der Waals surface area contributed by atoms with Gasteiger partial charge in [0.1, 0.15) is 5.76 Å². The second kappa shape index (κ2) is 7.37. The molecule has 0 saturated carbocycles. The number of benzene rings is 1.